The molecule has 2 amide bonds. The summed E-state index contributed by atoms with van der Waals surface area (Å²) in [6, 6.07) is 10.8. The molecular weight excluding hydrogens is 320 g/mol. The molecule has 0 radical (unpaired) electrons. The van der Waals surface area contributed by atoms with Gasteiger partial charge in [-0.3, -0.25) is 9.59 Å². The number of hydrogen-bond donors (Lipinski definition) is 2. The molecule has 1 aromatic carbocycles. The third kappa shape index (κ3) is 5.50. The van der Waals surface area contributed by atoms with Crippen molar-refractivity contribution in [2.75, 3.05) is 13.1 Å². The summed E-state index contributed by atoms with van der Waals surface area (Å²) in [4.78, 5) is 24.1. The molecule has 2 N–H and O–H groups in total. The number of amides is 2. The SMILES string of the molecule is O=C(Cc1ccc(Cl)cc1)NCCCNC(=O)c1cccs1. The number of rotatable bonds is 7. The van der Waals surface area contributed by atoms with Gasteiger partial charge in [0.15, 0.2) is 0 Å². The number of halogens is 1. The molecule has 116 valence electrons. The predicted octanol–water partition coefficient (Wildman–Crippen LogP) is 2.88. The fourth-order valence-electron chi connectivity index (χ4n) is 1.86. The number of carbonyl (C=O) groups is 2. The Hall–Kier alpha value is -1.85. The molecule has 0 saturated carbocycles. The minimum Gasteiger partial charge on any atom is -0.356 e. The summed E-state index contributed by atoms with van der Waals surface area (Å²) in [5.74, 6) is -0.102. The average Bonchev–Trinajstić information content (AvgIpc) is 3.03. The Balaban J connectivity index is 1.59. The number of carbonyl (C=O) groups excluding carboxylic acids is 2. The summed E-state index contributed by atoms with van der Waals surface area (Å²) in [5.41, 5.74) is 0.924. The molecule has 0 bridgehead atoms. The minimum absolute atomic E-state index is 0.0353. The quantitative estimate of drug-likeness (QED) is 0.764. The first-order valence-corrected chi connectivity index (χ1v) is 8.24. The molecule has 4 nitrogen and oxygen atoms in total. The van der Waals surface area contributed by atoms with Gasteiger partial charge in [0.2, 0.25) is 5.91 Å². The lowest BCUT2D eigenvalue weighted by Gasteiger charge is -2.06. The Morgan fingerprint density at radius 2 is 1.77 bits per heavy atom. The van der Waals surface area contributed by atoms with Crippen molar-refractivity contribution < 1.29 is 9.59 Å². The Morgan fingerprint density at radius 3 is 2.45 bits per heavy atom. The average molecular weight is 337 g/mol. The van der Waals surface area contributed by atoms with Gasteiger partial charge in [-0.25, -0.2) is 0 Å². The van der Waals surface area contributed by atoms with Crippen molar-refractivity contribution in [1.29, 1.82) is 0 Å². The predicted molar refractivity (Wildman–Crippen MR) is 89.4 cm³/mol. The molecule has 0 aliphatic rings. The molecule has 0 aliphatic carbocycles. The normalized spacial score (nSPS) is 10.2. The van der Waals surface area contributed by atoms with Crippen LogP contribution in [0.4, 0.5) is 0 Å². The zero-order valence-electron chi connectivity index (χ0n) is 12.0. The summed E-state index contributed by atoms with van der Waals surface area (Å²) in [5, 5.41) is 8.18. The number of nitrogens with one attached hydrogen (secondary N) is 2. The zero-order valence-corrected chi connectivity index (χ0v) is 13.5. The van der Waals surface area contributed by atoms with Crippen molar-refractivity contribution in [3.05, 3.63) is 57.2 Å². The van der Waals surface area contributed by atoms with E-state index in [1.165, 1.54) is 11.3 Å². The van der Waals surface area contributed by atoms with Crippen LogP contribution < -0.4 is 10.6 Å². The third-order valence-electron chi connectivity index (χ3n) is 2.98. The maximum Gasteiger partial charge on any atom is 0.261 e. The Morgan fingerprint density at radius 1 is 1.05 bits per heavy atom. The fraction of sp³-hybridized carbons (Fsp3) is 0.250. The van der Waals surface area contributed by atoms with Crippen LogP contribution in [0.15, 0.2) is 41.8 Å². The first-order valence-electron chi connectivity index (χ1n) is 6.98. The monoisotopic (exact) mass is 336 g/mol. The Labute approximate surface area is 138 Å². The summed E-state index contributed by atoms with van der Waals surface area (Å²) in [6.07, 6.45) is 1.03. The van der Waals surface area contributed by atoms with E-state index >= 15 is 0 Å². The van der Waals surface area contributed by atoms with Gasteiger partial charge in [-0.2, -0.15) is 0 Å². The minimum atomic E-state index is -0.0671. The molecule has 0 spiro atoms. The molecule has 0 saturated heterocycles. The topological polar surface area (TPSA) is 58.2 Å². The van der Waals surface area contributed by atoms with Crippen LogP contribution in [0.25, 0.3) is 0 Å². The first-order chi connectivity index (χ1) is 10.6. The van der Waals surface area contributed by atoms with E-state index in [0.29, 0.717) is 35.8 Å². The van der Waals surface area contributed by atoms with Gasteiger partial charge in [-0.15, -0.1) is 11.3 Å². The third-order valence-corrected chi connectivity index (χ3v) is 4.10. The van der Waals surface area contributed by atoms with E-state index in [4.69, 9.17) is 11.6 Å². The maximum absolute atomic E-state index is 11.8. The van der Waals surface area contributed by atoms with E-state index in [0.717, 1.165) is 5.56 Å². The van der Waals surface area contributed by atoms with Crippen LogP contribution >= 0.6 is 22.9 Å². The lowest BCUT2D eigenvalue weighted by atomic mass is 10.1. The van der Waals surface area contributed by atoms with Crippen molar-refractivity contribution in [2.45, 2.75) is 12.8 Å². The van der Waals surface area contributed by atoms with Crippen LogP contribution in [0.5, 0.6) is 0 Å². The molecule has 6 heteroatoms. The molecule has 0 atom stereocenters. The van der Waals surface area contributed by atoms with Gasteiger partial charge >= 0.3 is 0 Å². The fourth-order valence-corrected chi connectivity index (χ4v) is 2.63. The summed E-state index contributed by atoms with van der Waals surface area (Å²) >= 11 is 7.21. The highest BCUT2D eigenvalue weighted by Crippen LogP contribution is 2.10. The highest BCUT2D eigenvalue weighted by molar-refractivity contribution is 7.12. The molecule has 1 heterocycles. The molecule has 2 aromatic rings. The maximum atomic E-state index is 11.8. The molecule has 0 unspecified atom stereocenters. The molecule has 22 heavy (non-hydrogen) atoms. The number of thiophene rings is 1. The number of benzene rings is 1. The second-order valence-electron chi connectivity index (χ2n) is 4.74. The molecule has 0 fully saturated rings. The summed E-state index contributed by atoms with van der Waals surface area (Å²) in [6.45, 7) is 1.08. The summed E-state index contributed by atoms with van der Waals surface area (Å²) in [7, 11) is 0. The van der Waals surface area contributed by atoms with Crippen molar-refractivity contribution in [3.8, 4) is 0 Å². The first kappa shape index (κ1) is 16.5. The molecule has 0 aliphatic heterocycles. The van der Waals surface area contributed by atoms with Crippen molar-refractivity contribution in [2.24, 2.45) is 0 Å². The lowest BCUT2D eigenvalue weighted by Crippen LogP contribution is -2.30. The van der Waals surface area contributed by atoms with Gasteiger partial charge in [-0.1, -0.05) is 29.8 Å². The van der Waals surface area contributed by atoms with E-state index in [9.17, 15) is 9.59 Å². The van der Waals surface area contributed by atoms with E-state index in [1.54, 1.807) is 18.2 Å². The smallest absolute Gasteiger partial charge is 0.261 e. The van der Waals surface area contributed by atoms with Crippen LogP contribution in [0.2, 0.25) is 5.02 Å². The molecular formula is C16H17ClN2O2S. The number of hydrogen-bond acceptors (Lipinski definition) is 3. The Bertz CT molecular complexity index is 612. The van der Waals surface area contributed by atoms with E-state index in [-0.39, 0.29) is 11.8 Å². The molecule has 2 rings (SSSR count). The van der Waals surface area contributed by atoms with Crippen LogP contribution in [0.1, 0.15) is 21.7 Å². The largest absolute Gasteiger partial charge is 0.356 e. The van der Waals surface area contributed by atoms with Crippen molar-refractivity contribution >= 4 is 34.8 Å². The second-order valence-corrected chi connectivity index (χ2v) is 6.12. The standard InChI is InChI=1S/C16H17ClN2O2S/c17-13-6-4-12(5-7-13)11-15(20)18-8-2-9-19-16(21)14-3-1-10-22-14/h1,3-7,10H,2,8-9,11H2,(H,18,20)(H,19,21). The highest BCUT2D eigenvalue weighted by Gasteiger charge is 2.05. The van der Waals surface area contributed by atoms with Crippen LogP contribution in [0, 0.1) is 0 Å². The van der Waals surface area contributed by atoms with Gasteiger partial charge in [0.05, 0.1) is 11.3 Å². The lowest BCUT2D eigenvalue weighted by molar-refractivity contribution is -0.120. The van der Waals surface area contributed by atoms with Gasteiger partial charge in [0, 0.05) is 18.1 Å². The van der Waals surface area contributed by atoms with Crippen LogP contribution in [0.3, 0.4) is 0 Å². The Kier molecular flexibility index (Phi) is 6.43. The van der Waals surface area contributed by atoms with Gasteiger partial charge in [0.1, 0.15) is 0 Å². The van der Waals surface area contributed by atoms with Crippen molar-refractivity contribution in [1.82, 2.24) is 10.6 Å². The van der Waals surface area contributed by atoms with Gasteiger partial charge in [0.25, 0.3) is 5.91 Å². The van der Waals surface area contributed by atoms with Crippen LogP contribution in [-0.4, -0.2) is 24.9 Å². The summed E-state index contributed by atoms with van der Waals surface area (Å²) < 4.78 is 0. The van der Waals surface area contributed by atoms with Gasteiger partial charge < -0.3 is 10.6 Å². The van der Waals surface area contributed by atoms with Crippen LogP contribution in [-0.2, 0) is 11.2 Å². The molecule has 1 aromatic heterocycles. The highest BCUT2D eigenvalue weighted by atomic mass is 35.5. The van der Waals surface area contributed by atoms with E-state index in [1.807, 2.05) is 23.6 Å². The van der Waals surface area contributed by atoms with Gasteiger partial charge in [-0.05, 0) is 35.6 Å². The zero-order chi connectivity index (χ0) is 15.8. The van der Waals surface area contributed by atoms with E-state index in [2.05, 4.69) is 10.6 Å². The van der Waals surface area contributed by atoms with E-state index < -0.39 is 0 Å². The van der Waals surface area contributed by atoms with Crippen molar-refractivity contribution in [3.63, 3.8) is 0 Å². The second kappa shape index (κ2) is 8.56.